The molecule has 0 bridgehead atoms. The molecule has 2 aromatic carbocycles. The van der Waals surface area contributed by atoms with Gasteiger partial charge in [0.2, 0.25) is 0 Å². The van der Waals surface area contributed by atoms with Crippen LogP contribution in [0.15, 0.2) is 48.5 Å². The van der Waals surface area contributed by atoms with Crippen LogP contribution in [0.2, 0.25) is 5.02 Å². The Kier molecular flexibility index (Phi) is 8.18. The second-order valence-electron chi connectivity index (χ2n) is 6.39. The molecule has 2 rings (SSSR count). The van der Waals surface area contributed by atoms with Gasteiger partial charge < -0.3 is 20.3 Å². The Morgan fingerprint density at radius 1 is 1.10 bits per heavy atom. The standard InChI is InChI=1S/C21H22ClNO6/c1-2-29-21(28)18(24)12-17(23-19(25)20(26)27)10-13-6-8-14(9-7-13)15-4-3-5-16(22)11-15/h3-9,11,17-18,24H,2,10,12H2,1H3,(H,23,25)(H,26,27)/t17-,18?/m1/s1. The molecule has 0 aliphatic rings. The lowest BCUT2D eigenvalue weighted by molar-refractivity contribution is -0.154. The lowest BCUT2D eigenvalue weighted by Crippen LogP contribution is -2.43. The van der Waals surface area contributed by atoms with Gasteiger partial charge in [0, 0.05) is 17.5 Å². The van der Waals surface area contributed by atoms with E-state index in [1.54, 1.807) is 13.0 Å². The van der Waals surface area contributed by atoms with E-state index in [1.165, 1.54) is 0 Å². The summed E-state index contributed by atoms with van der Waals surface area (Å²) >= 11 is 6.02. The number of carboxylic acid groups (broad SMARTS) is 1. The van der Waals surface area contributed by atoms with Crippen molar-refractivity contribution in [1.82, 2.24) is 5.32 Å². The minimum atomic E-state index is -1.64. The first-order valence-corrected chi connectivity index (χ1v) is 9.41. The maximum absolute atomic E-state index is 11.7. The highest BCUT2D eigenvalue weighted by molar-refractivity contribution is 6.31. The van der Waals surface area contributed by atoms with Crippen LogP contribution in [0.3, 0.4) is 0 Å². The van der Waals surface area contributed by atoms with E-state index in [0.29, 0.717) is 5.02 Å². The average molecular weight is 420 g/mol. The third-order valence-corrected chi connectivity index (χ3v) is 4.42. The number of rotatable bonds is 8. The quantitative estimate of drug-likeness (QED) is 0.447. The van der Waals surface area contributed by atoms with Gasteiger partial charge >= 0.3 is 17.8 Å². The van der Waals surface area contributed by atoms with Crippen LogP contribution in [0.25, 0.3) is 11.1 Å². The van der Waals surface area contributed by atoms with Crippen molar-refractivity contribution in [2.75, 3.05) is 6.61 Å². The third kappa shape index (κ3) is 6.89. The molecule has 0 radical (unpaired) electrons. The smallest absolute Gasteiger partial charge is 0.394 e. The molecule has 154 valence electrons. The minimum Gasteiger partial charge on any atom is -0.474 e. The van der Waals surface area contributed by atoms with Crippen molar-refractivity contribution in [3.05, 3.63) is 59.1 Å². The van der Waals surface area contributed by atoms with Crippen molar-refractivity contribution < 1.29 is 29.3 Å². The number of aliphatic carboxylic acids is 1. The van der Waals surface area contributed by atoms with Gasteiger partial charge in [0.25, 0.3) is 0 Å². The number of nitrogens with one attached hydrogen (secondary N) is 1. The monoisotopic (exact) mass is 419 g/mol. The van der Waals surface area contributed by atoms with Crippen LogP contribution in [0.5, 0.6) is 0 Å². The number of benzene rings is 2. The molecule has 0 saturated heterocycles. The van der Waals surface area contributed by atoms with Gasteiger partial charge in [-0.2, -0.15) is 0 Å². The summed E-state index contributed by atoms with van der Waals surface area (Å²) in [5, 5.41) is 21.8. The molecule has 2 aromatic rings. The van der Waals surface area contributed by atoms with Crippen molar-refractivity contribution >= 4 is 29.4 Å². The van der Waals surface area contributed by atoms with Gasteiger partial charge in [-0.05, 0) is 42.2 Å². The molecule has 0 spiro atoms. The fourth-order valence-electron chi connectivity index (χ4n) is 2.83. The molecule has 0 aliphatic carbocycles. The number of ether oxygens (including phenoxy) is 1. The van der Waals surface area contributed by atoms with E-state index in [0.717, 1.165) is 16.7 Å². The predicted octanol–water partition coefficient (Wildman–Crippen LogP) is 2.43. The average Bonchev–Trinajstić information content (AvgIpc) is 2.68. The van der Waals surface area contributed by atoms with Gasteiger partial charge in [-0.15, -0.1) is 0 Å². The molecule has 0 aromatic heterocycles. The van der Waals surface area contributed by atoms with Crippen molar-refractivity contribution in [2.24, 2.45) is 0 Å². The van der Waals surface area contributed by atoms with E-state index in [9.17, 15) is 19.5 Å². The van der Waals surface area contributed by atoms with Crippen molar-refractivity contribution in [3.63, 3.8) is 0 Å². The molecule has 1 amide bonds. The van der Waals surface area contributed by atoms with Gasteiger partial charge in [-0.3, -0.25) is 4.79 Å². The van der Waals surface area contributed by atoms with E-state index in [-0.39, 0.29) is 19.4 Å². The molecule has 0 saturated carbocycles. The molecule has 0 aliphatic heterocycles. The Morgan fingerprint density at radius 2 is 1.79 bits per heavy atom. The highest BCUT2D eigenvalue weighted by Gasteiger charge is 2.25. The Morgan fingerprint density at radius 3 is 2.38 bits per heavy atom. The summed E-state index contributed by atoms with van der Waals surface area (Å²) in [5.41, 5.74) is 2.67. The Hall–Kier alpha value is -2.90. The maximum Gasteiger partial charge on any atom is 0.394 e. The Balaban J connectivity index is 2.13. The number of halogens is 1. The molecule has 8 heteroatoms. The molecule has 3 N–H and O–H groups in total. The summed E-state index contributed by atoms with van der Waals surface area (Å²) in [4.78, 5) is 34.1. The highest BCUT2D eigenvalue weighted by Crippen LogP contribution is 2.23. The second kappa shape index (κ2) is 10.6. The largest absolute Gasteiger partial charge is 0.474 e. The zero-order valence-electron chi connectivity index (χ0n) is 15.8. The van der Waals surface area contributed by atoms with E-state index in [1.807, 2.05) is 42.5 Å². The zero-order chi connectivity index (χ0) is 21.4. The summed E-state index contributed by atoms with van der Waals surface area (Å²) in [7, 11) is 0. The first-order chi connectivity index (χ1) is 13.8. The number of carboxylic acids is 1. The first kappa shape index (κ1) is 22.4. The zero-order valence-corrected chi connectivity index (χ0v) is 16.6. The van der Waals surface area contributed by atoms with Crippen molar-refractivity contribution in [2.45, 2.75) is 31.9 Å². The second-order valence-corrected chi connectivity index (χ2v) is 6.83. The highest BCUT2D eigenvalue weighted by atomic mass is 35.5. The summed E-state index contributed by atoms with van der Waals surface area (Å²) in [6, 6.07) is 14.0. The summed E-state index contributed by atoms with van der Waals surface area (Å²) in [6.07, 6.45) is -1.42. The number of carbonyl (C=O) groups excluding carboxylic acids is 2. The number of carbonyl (C=O) groups is 3. The van der Waals surface area contributed by atoms with Crippen LogP contribution in [0.1, 0.15) is 18.9 Å². The Bertz CT molecular complexity index is 868. The SMILES string of the molecule is CCOC(=O)C(O)C[C@@H](Cc1ccc(-c2cccc(Cl)c2)cc1)NC(=O)C(=O)O. The van der Waals surface area contributed by atoms with Gasteiger partial charge in [-0.1, -0.05) is 48.0 Å². The number of esters is 1. The lowest BCUT2D eigenvalue weighted by Gasteiger charge is -2.20. The van der Waals surface area contributed by atoms with E-state index >= 15 is 0 Å². The van der Waals surface area contributed by atoms with E-state index < -0.39 is 30.0 Å². The van der Waals surface area contributed by atoms with Crippen molar-refractivity contribution in [3.8, 4) is 11.1 Å². The van der Waals surface area contributed by atoms with Crippen LogP contribution < -0.4 is 5.32 Å². The summed E-state index contributed by atoms with van der Waals surface area (Å²) < 4.78 is 4.75. The van der Waals surface area contributed by atoms with Crippen LogP contribution in [-0.4, -0.2) is 46.8 Å². The van der Waals surface area contributed by atoms with Gasteiger partial charge in [0.1, 0.15) is 0 Å². The molecule has 29 heavy (non-hydrogen) atoms. The van der Waals surface area contributed by atoms with Crippen molar-refractivity contribution in [1.29, 1.82) is 0 Å². The molecule has 2 atom stereocenters. The number of aliphatic hydroxyl groups is 1. The summed E-state index contributed by atoms with van der Waals surface area (Å²) in [5.74, 6) is -3.67. The fourth-order valence-corrected chi connectivity index (χ4v) is 3.02. The van der Waals surface area contributed by atoms with Crippen LogP contribution in [-0.2, 0) is 25.5 Å². The predicted molar refractivity (Wildman–Crippen MR) is 107 cm³/mol. The third-order valence-electron chi connectivity index (χ3n) is 4.19. The maximum atomic E-state index is 11.7. The number of aliphatic hydroxyl groups excluding tert-OH is 1. The number of hydrogen-bond donors (Lipinski definition) is 3. The number of amides is 1. The minimum absolute atomic E-state index is 0.104. The Labute approximate surface area is 173 Å². The fraction of sp³-hybridized carbons (Fsp3) is 0.286. The lowest BCUT2D eigenvalue weighted by atomic mass is 9.98. The molecule has 1 unspecified atom stereocenters. The normalized spacial score (nSPS) is 12.7. The van der Waals surface area contributed by atoms with Crippen LogP contribution >= 0.6 is 11.6 Å². The van der Waals surface area contributed by atoms with E-state index in [2.05, 4.69) is 5.32 Å². The topological polar surface area (TPSA) is 113 Å². The van der Waals surface area contributed by atoms with Gasteiger partial charge in [0.05, 0.1) is 6.61 Å². The van der Waals surface area contributed by atoms with Crippen LogP contribution in [0.4, 0.5) is 0 Å². The van der Waals surface area contributed by atoms with Crippen LogP contribution in [0, 0.1) is 0 Å². The molecule has 0 fully saturated rings. The van der Waals surface area contributed by atoms with Gasteiger partial charge in [-0.25, -0.2) is 9.59 Å². The van der Waals surface area contributed by atoms with Gasteiger partial charge in [0.15, 0.2) is 6.10 Å². The molecule has 7 nitrogen and oxygen atoms in total. The number of hydrogen-bond acceptors (Lipinski definition) is 5. The first-order valence-electron chi connectivity index (χ1n) is 9.03. The molecular formula is C21H22ClNO6. The molecule has 0 heterocycles. The molecular weight excluding hydrogens is 398 g/mol. The summed E-state index contributed by atoms with van der Waals surface area (Å²) in [6.45, 7) is 1.71. The van der Waals surface area contributed by atoms with E-state index in [4.69, 9.17) is 21.4 Å².